The minimum absolute atomic E-state index is 0.118. The van der Waals surface area contributed by atoms with E-state index >= 15 is 0 Å². The molecule has 0 spiro atoms. The number of carbonyl (C=O) groups excluding carboxylic acids is 1. The molecule has 2 fully saturated rings. The number of rotatable bonds is 4. The molecule has 1 heterocycles. The van der Waals surface area contributed by atoms with Crippen molar-refractivity contribution in [1.29, 1.82) is 0 Å². The first kappa shape index (κ1) is 17.9. The molecule has 0 atom stereocenters. The van der Waals surface area contributed by atoms with E-state index in [1.54, 1.807) is 0 Å². The van der Waals surface area contributed by atoms with E-state index in [9.17, 15) is 4.79 Å². The number of anilines is 1. The Kier molecular flexibility index (Phi) is 6.05. The molecule has 0 radical (unpaired) electrons. The van der Waals surface area contributed by atoms with E-state index in [0.717, 1.165) is 44.8 Å². The molecule has 0 unspecified atom stereocenters. The second-order valence-electron chi connectivity index (χ2n) is 7.42. The van der Waals surface area contributed by atoms with E-state index in [2.05, 4.69) is 22.3 Å². The minimum Gasteiger partial charge on any atom is -0.491 e. The molecule has 1 saturated carbocycles. The fourth-order valence-corrected chi connectivity index (χ4v) is 3.69. The average molecular weight is 345 g/mol. The highest BCUT2D eigenvalue weighted by atomic mass is 16.5. The molecule has 2 amide bonds. The Labute approximate surface area is 151 Å². The summed E-state index contributed by atoms with van der Waals surface area (Å²) in [6.07, 6.45) is 6.26. The van der Waals surface area contributed by atoms with Gasteiger partial charge in [0.05, 0.1) is 6.10 Å². The van der Waals surface area contributed by atoms with Crippen LogP contribution in [0, 0.1) is 0 Å². The number of hydrogen-bond donors (Lipinski definition) is 1. The van der Waals surface area contributed by atoms with Crippen LogP contribution >= 0.6 is 0 Å². The number of nitrogens with one attached hydrogen (secondary N) is 1. The predicted molar refractivity (Wildman–Crippen MR) is 101 cm³/mol. The molecule has 5 nitrogen and oxygen atoms in total. The van der Waals surface area contributed by atoms with Crippen LogP contribution in [0.15, 0.2) is 24.3 Å². The van der Waals surface area contributed by atoms with Crippen molar-refractivity contribution in [3.05, 3.63) is 24.3 Å². The van der Waals surface area contributed by atoms with Crippen LogP contribution in [0.3, 0.4) is 0 Å². The van der Waals surface area contributed by atoms with Crippen molar-refractivity contribution in [3.63, 3.8) is 0 Å². The largest absolute Gasteiger partial charge is 0.491 e. The third-order valence-corrected chi connectivity index (χ3v) is 5.07. The van der Waals surface area contributed by atoms with Crippen molar-refractivity contribution in [2.75, 3.05) is 31.1 Å². The maximum absolute atomic E-state index is 12.4. The first-order valence-electron chi connectivity index (χ1n) is 9.69. The molecule has 2 aliphatic rings. The van der Waals surface area contributed by atoms with Crippen LogP contribution in [0.2, 0.25) is 0 Å². The molecule has 0 aromatic heterocycles. The molecule has 1 aliphatic heterocycles. The fourth-order valence-electron chi connectivity index (χ4n) is 3.69. The SMILES string of the molecule is CC(C)Oc1ccc(N2CCN(C(=O)NC3CCCCC3)CC2)cc1. The van der Waals surface area contributed by atoms with Gasteiger partial charge in [-0.05, 0) is 51.0 Å². The number of amides is 2. The average Bonchev–Trinajstić information content (AvgIpc) is 2.63. The smallest absolute Gasteiger partial charge is 0.317 e. The summed E-state index contributed by atoms with van der Waals surface area (Å²) >= 11 is 0. The number of nitrogens with zero attached hydrogens (tertiary/aromatic N) is 2. The quantitative estimate of drug-likeness (QED) is 0.906. The number of hydrogen-bond acceptors (Lipinski definition) is 3. The maximum atomic E-state index is 12.4. The molecule has 1 aliphatic carbocycles. The van der Waals surface area contributed by atoms with Gasteiger partial charge in [0, 0.05) is 37.9 Å². The summed E-state index contributed by atoms with van der Waals surface area (Å²) in [5.74, 6) is 0.907. The van der Waals surface area contributed by atoms with E-state index in [1.807, 2.05) is 30.9 Å². The third kappa shape index (κ3) is 5.03. The van der Waals surface area contributed by atoms with Gasteiger partial charge in [0.1, 0.15) is 5.75 Å². The molecular formula is C20H31N3O2. The van der Waals surface area contributed by atoms with Gasteiger partial charge in [-0.25, -0.2) is 4.79 Å². The lowest BCUT2D eigenvalue weighted by Crippen LogP contribution is -2.53. The van der Waals surface area contributed by atoms with Gasteiger partial charge in [-0.15, -0.1) is 0 Å². The highest BCUT2D eigenvalue weighted by Gasteiger charge is 2.24. The van der Waals surface area contributed by atoms with Gasteiger partial charge < -0.3 is 19.9 Å². The Bertz CT molecular complexity index is 545. The van der Waals surface area contributed by atoms with Crippen LogP contribution in [0.4, 0.5) is 10.5 Å². The van der Waals surface area contributed by atoms with Crippen LogP contribution in [0.1, 0.15) is 46.0 Å². The zero-order valence-electron chi connectivity index (χ0n) is 15.5. The van der Waals surface area contributed by atoms with Gasteiger partial charge in [-0.1, -0.05) is 19.3 Å². The van der Waals surface area contributed by atoms with E-state index in [1.165, 1.54) is 24.9 Å². The number of ether oxygens (including phenoxy) is 1. The van der Waals surface area contributed by atoms with Crippen molar-refractivity contribution in [2.45, 2.75) is 58.1 Å². The standard InChI is InChI=1S/C20H31N3O2/c1-16(2)25-19-10-8-18(9-11-19)22-12-14-23(15-13-22)20(24)21-17-6-4-3-5-7-17/h8-11,16-17H,3-7,12-15H2,1-2H3,(H,21,24). The van der Waals surface area contributed by atoms with E-state index in [4.69, 9.17) is 4.74 Å². The lowest BCUT2D eigenvalue weighted by molar-refractivity contribution is 0.186. The predicted octanol–water partition coefficient (Wildman–Crippen LogP) is 3.64. The summed E-state index contributed by atoms with van der Waals surface area (Å²) in [5.41, 5.74) is 1.20. The van der Waals surface area contributed by atoms with Crippen LogP contribution in [-0.4, -0.2) is 49.3 Å². The Morgan fingerprint density at radius 3 is 2.28 bits per heavy atom. The normalized spacial score (nSPS) is 19.2. The van der Waals surface area contributed by atoms with E-state index in [0.29, 0.717) is 6.04 Å². The Balaban J connectivity index is 1.47. The lowest BCUT2D eigenvalue weighted by atomic mass is 9.96. The zero-order chi connectivity index (χ0) is 17.6. The Morgan fingerprint density at radius 2 is 1.68 bits per heavy atom. The van der Waals surface area contributed by atoms with Gasteiger partial charge in [0.25, 0.3) is 0 Å². The first-order chi connectivity index (χ1) is 12.1. The van der Waals surface area contributed by atoms with Crippen molar-refractivity contribution < 1.29 is 9.53 Å². The molecule has 3 rings (SSSR count). The van der Waals surface area contributed by atoms with E-state index < -0.39 is 0 Å². The Morgan fingerprint density at radius 1 is 1.04 bits per heavy atom. The molecule has 0 bridgehead atoms. The van der Waals surface area contributed by atoms with Crippen molar-refractivity contribution >= 4 is 11.7 Å². The highest BCUT2D eigenvalue weighted by molar-refractivity contribution is 5.75. The fraction of sp³-hybridized carbons (Fsp3) is 0.650. The first-order valence-corrected chi connectivity index (χ1v) is 9.69. The summed E-state index contributed by atoms with van der Waals surface area (Å²) in [5, 5.41) is 3.22. The molecule has 1 aromatic rings. The van der Waals surface area contributed by atoms with Gasteiger partial charge >= 0.3 is 6.03 Å². The molecule has 138 valence electrons. The molecule has 25 heavy (non-hydrogen) atoms. The topological polar surface area (TPSA) is 44.8 Å². The summed E-state index contributed by atoms with van der Waals surface area (Å²) in [7, 11) is 0. The van der Waals surface area contributed by atoms with Crippen LogP contribution < -0.4 is 15.0 Å². The molecule has 1 saturated heterocycles. The summed E-state index contributed by atoms with van der Waals surface area (Å²) in [6.45, 7) is 7.38. The van der Waals surface area contributed by atoms with Crippen LogP contribution in [0.5, 0.6) is 5.75 Å². The second-order valence-corrected chi connectivity index (χ2v) is 7.42. The monoisotopic (exact) mass is 345 g/mol. The van der Waals surface area contributed by atoms with Gasteiger partial charge in [-0.2, -0.15) is 0 Å². The van der Waals surface area contributed by atoms with Gasteiger partial charge in [0.2, 0.25) is 0 Å². The number of urea groups is 1. The number of carbonyl (C=O) groups is 1. The van der Waals surface area contributed by atoms with Gasteiger partial charge in [-0.3, -0.25) is 0 Å². The van der Waals surface area contributed by atoms with Gasteiger partial charge in [0.15, 0.2) is 0 Å². The number of benzene rings is 1. The van der Waals surface area contributed by atoms with Crippen LogP contribution in [-0.2, 0) is 0 Å². The molecule has 1 N–H and O–H groups in total. The third-order valence-electron chi connectivity index (χ3n) is 5.07. The van der Waals surface area contributed by atoms with Crippen LogP contribution in [0.25, 0.3) is 0 Å². The van der Waals surface area contributed by atoms with Crippen molar-refractivity contribution in [2.24, 2.45) is 0 Å². The minimum atomic E-state index is 0.118. The lowest BCUT2D eigenvalue weighted by Gasteiger charge is -2.37. The Hall–Kier alpha value is -1.91. The zero-order valence-corrected chi connectivity index (χ0v) is 15.5. The maximum Gasteiger partial charge on any atom is 0.317 e. The summed E-state index contributed by atoms with van der Waals surface area (Å²) < 4.78 is 5.70. The summed E-state index contributed by atoms with van der Waals surface area (Å²) in [6, 6.07) is 8.76. The second kappa shape index (κ2) is 8.45. The molecule has 5 heteroatoms. The number of piperazine rings is 1. The van der Waals surface area contributed by atoms with Crippen molar-refractivity contribution in [1.82, 2.24) is 10.2 Å². The molecular weight excluding hydrogens is 314 g/mol. The van der Waals surface area contributed by atoms with Crippen molar-refractivity contribution in [3.8, 4) is 5.75 Å². The highest BCUT2D eigenvalue weighted by Crippen LogP contribution is 2.22. The summed E-state index contributed by atoms with van der Waals surface area (Å²) in [4.78, 5) is 16.7. The van der Waals surface area contributed by atoms with E-state index in [-0.39, 0.29) is 12.1 Å². The molecule has 1 aromatic carbocycles.